The van der Waals surface area contributed by atoms with Crippen LogP contribution < -0.4 is 0 Å². The van der Waals surface area contributed by atoms with Crippen LogP contribution in [-0.2, 0) is 4.74 Å². The number of rotatable bonds is 1. The zero-order chi connectivity index (χ0) is 8.89. The van der Waals surface area contributed by atoms with Gasteiger partial charge in [-0.3, -0.25) is 4.68 Å². The fourth-order valence-electron chi connectivity index (χ4n) is 1.99. The quantitative estimate of drug-likeness (QED) is 0.740. The van der Waals surface area contributed by atoms with Gasteiger partial charge in [-0.15, -0.1) is 0 Å². The van der Waals surface area contributed by atoms with Gasteiger partial charge >= 0.3 is 0 Å². The summed E-state index contributed by atoms with van der Waals surface area (Å²) in [6.45, 7) is 0.845. The van der Waals surface area contributed by atoms with E-state index in [0.717, 1.165) is 13.0 Å². The van der Waals surface area contributed by atoms with Crippen molar-refractivity contribution in [2.45, 2.75) is 30.9 Å². The van der Waals surface area contributed by atoms with E-state index in [4.69, 9.17) is 4.74 Å². The number of hydrogen-bond acceptors (Lipinski definition) is 2. The lowest BCUT2D eigenvalue weighted by Crippen LogP contribution is -2.09. The first kappa shape index (κ1) is 8.23. The van der Waals surface area contributed by atoms with Crippen LogP contribution in [0.25, 0.3) is 0 Å². The molecular formula is C9H11IN2O. The third-order valence-corrected chi connectivity index (χ3v) is 3.50. The molecule has 1 unspecified atom stereocenters. The molecule has 3 nitrogen and oxygen atoms in total. The van der Waals surface area contributed by atoms with E-state index in [9.17, 15) is 0 Å². The standard InChI is InChI=1S/C9H11IN2O/c10-7-4-11-12(5-7)8-3-9(1-2-9)13-6-8/h4-5,8H,1-3,6H2. The molecule has 3 rings (SSSR count). The summed E-state index contributed by atoms with van der Waals surface area (Å²) in [4.78, 5) is 0. The highest BCUT2D eigenvalue weighted by molar-refractivity contribution is 14.1. The average Bonchev–Trinajstić information content (AvgIpc) is 2.55. The maximum atomic E-state index is 5.76. The molecule has 0 amide bonds. The second-order valence-electron chi connectivity index (χ2n) is 3.99. The van der Waals surface area contributed by atoms with E-state index in [2.05, 4.69) is 38.6 Å². The van der Waals surface area contributed by atoms with E-state index in [0.29, 0.717) is 6.04 Å². The predicted octanol–water partition coefficient (Wildman–Crippen LogP) is 1.98. The summed E-state index contributed by atoms with van der Waals surface area (Å²) in [5.41, 5.74) is 0.266. The third-order valence-electron chi connectivity index (χ3n) is 2.94. The second kappa shape index (κ2) is 2.70. The van der Waals surface area contributed by atoms with E-state index in [-0.39, 0.29) is 5.60 Å². The van der Waals surface area contributed by atoms with Gasteiger partial charge in [0, 0.05) is 12.6 Å². The zero-order valence-electron chi connectivity index (χ0n) is 7.24. The smallest absolute Gasteiger partial charge is 0.0780 e. The average molecular weight is 290 g/mol. The predicted molar refractivity (Wildman–Crippen MR) is 56.5 cm³/mol. The molecule has 1 atom stereocenters. The summed E-state index contributed by atoms with van der Waals surface area (Å²) < 4.78 is 9.02. The summed E-state index contributed by atoms with van der Waals surface area (Å²) in [5, 5.41) is 4.32. The van der Waals surface area contributed by atoms with Gasteiger partial charge in [0.1, 0.15) is 0 Å². The Bertz CT molecular complexity index is 332. The Labute approximate surface area is 90.6 Å². The lowest BCUT2D eigenvalue weighted by atomic mass is 10.1. The van der Waals surface area contributed by atoms with Crippen molar-refractivity contribution in [3.8, 4) is 0 Å². The van der Waals surface area contributed by atoms with Crippen molar-refractivity contribution in [1.82, 2.24) is 9.78 Å². The molecule has 1 saturated carbocycles. The van der Waals surface area contributed by atoms with Gasteiger partial charge in [0.2, 0.25) is 0 Å². The molecule has 1 aromatic heterocycles. The van der Waals surface area contributed by atoms with Gasteiger partial charge in [-0.1, -0.05) is 0 Å². The van der Waals surface area contributed by atoms with E-state index in [1.165, 1.54) is 16.4 Å². The summed E-state index contributed by atoms with van der Waals surface area (Å²) in [7, 11) is 0. The van der Waals surface area contributed by atoms with E-state index in [1.54, 1.807) is 0 Å². The highest BCUT2D eigenvalue weighted by Crippen LogP contribution is 2.50. The molecule has 2 aliphatic rings. The Balaban J connectivity index is 1.80. The monoisotopic (exact) mass is 290 g/mol. The van der Waals surface area contributed by atoms with Crippen molar-refractivity contribution in [2.24, 2.45) is 0 Å². The molecule has 1 saturated heterocycles. The summed E-state index contributed by atoms with van der Waals surface area (Å²) in [6.07, 6.45) is 7.66. The summed E-state index contributed by atoms with van der Waals surface area (Å²) in [5.74, 6) is 0. The summed E-state index contributed by atoms with van der Waals surface area (Å²) in [6, 6.07) is 0.478. The van der Waals surface area contributed by atoms with Crippen LogP contribution in [0.4, 0.5) is 0 Å². The molecular weight excluding hydrogens is 279 g/mol. The fourth-order valence-corrected chi connectivity index (χ4v) is 2.40. The fraction of sp³-hybridized carbons (Fsp3) is 0.667. The van der Waals surface area contributed by atoms with Crippen LogP contribution in [-0.4, -0.2) is 22.0 Å². The van der Waals surface area contributed by atoms with Crippen LogP contribution in [0.3, 0.4) is 0 Å². The minimum absolute atomic E-state index is 0.266. The Morgan fingerprint density at radius 3 is 3.00 bits per heavy atom. The van der Waals surface area contributed by atoms with Gasteiger partial charge in [-0.25, -0.2) is 0 Å². The van der Waals surface area contributed by atoms with Crippen molar-refractivity contribution in [3.05, 3.63) is 16.0 Å². The largest absolute Gasteiger partial charge is 0.373 e. The molecule has 1 spiro atoms. The number of nitrogens with zero attached hydrogens (tertiary/aromatic N) is 2. The van der Waals surface area contributed by atoms with Crippen molar-refractivity contribution in [3.63, 3.8) is 0 Å². The number of ether oxygens (including phenoxy) is 1. The second-order valence-corrected chi connectivity index (χ2v) is 5.24. The van der Waals surface area contributed by atoms with Crippen molar-refractivity contribution >= 4 is 22.6 Å². The number of hydrogen-bond donors (Lipinski definition) is 0. The summed E-state index contributed by atoms with van der Waals surface area (Å²) >= 11 is 2.29. The van der Waals surface area contributed by atoms with Gasteiger partial charge in [-0.05, 0) is 35.4 Å². The zero-order valence-corrected chi connectivity index (χ0v) is 9.40. The van der Waals surface area contributed by atoms with Crippen LogP contribution in [0.2, 0.25) is 0 Å². The van der Waals surface area contributed by atoms with Gasteiger partial charge < -0.3 is 4.74 Å². The Kier molecular flexibility index (Phi) is 1.71. The van der Waals surface area contributed by atoms with Crippen LogP contribution in [0.15, 0.2) is 12.4 Å². The lowest BCUT2D eigenvalue weighted by molar-refractivity contribution is 0.0872. The van der Waals surface area contributed by atoms with Gasteiger partial charge in [0.05, 0.1) is 28.0 Å². The topological polar surface area (TPSA) is 27.1 Å². The minimum Gasteiger partial charge on any atom is -0.373 e. The molecule has 2 fully saturated rings. The third kappa shape index (κ3) is 1.40. The highest BCUT2D eigenvalue weighted by Gasteiger charge is 2.50. The van der Waals surface area contributed by atoms with E-state index >= 15 is 0 Å². The first-order valence-electron chi connectivity index (χ1n) is 4.61. The van der Waals surface area contributed by atoms with Crippen molar-refractivity contribution in [1.29, 1.82) is 0 Å². The first-order valence-corrected chi connectivity index (χ1v) is 5.69. The van der Waals surface area contributed by atoms with Gasteiger partial charge in [0.25, 0.3) is 0 Å². The Morgan fingerprint density at radius 2 is 2.46 bits per heavy atom. The van der Waals surface area contributed by atoms with Crippen LogP contribution in [0.1, 0.15) is 25.3 Å². The molecule has 2 heterocycles. The van der Waals surface area contributed by atoms with E-state index in [1.807, 2.05) is 6.20 Å². The van der Waals surface area contributed by atoms with Gasteiger partial charge in [0.15, 0.2) is 0 Å². The molecule has 4 heteroatoms. The maximum Gasteiger partial charge on any atom is 0.0780 e. The molecule has 0 radical (unpaired) electrons. The highest BCUT2D eigenvalue weighted by atomic mass is 127. The maximum absolute atomic E-state index is 5.76. The molecule has 70 valence electrons. The SMILES string of the molecule is Ic1cnn(C2COC3(CC3)C2)c1. The lowest BCUT2D eigenvalue weighted by Gasteiger charge is -2.07. The molecule has 0 aromatic carbocycles. The van der Waals surface area contributed by atoms with E-state index < -0.39 is 0 Å². The van der Waals surface area contributed by atoms with Crippen LogP contribution in [0, 0.1) is 3.57 Å². The first-order chi connectivity index (χ1) is 6.27. The molecule has 13 heavy (non-hydrogen) atoms. The Morgan fingerprint density at radius 1 is 1.62 bits per heavy atom. The van der Waals surface area contributed by atoms with Crippen molar-refractivity contribution < 1.29 is 4.74 Å². The Hall–Kier alpha value is -0.100. The van der Waals surface area contributed by atoms with Crippen molar-refractivity contribution in [2.75, 3.05) is 6.61 Å². The number of halogens is 1. The molecule has 0 N–H and O–H groups in total. The molecule has 1 aromatic rings. The van der Waals surface area contributed by atoms with Crippen LogP contribution >= 0.6 is 22.6 Å². The molecule has 1 aliphatic heterocycles. The number of aromatic nitrogens is 2. The minimum atomic E-state index is 0.266. The molecule has 1 aliphatic carbocycles. The molecule has 0 bridgehead atoms. The normalized spacial score (nSPS) is 29.8. The van der Waals surface area contributed by atoms with Crippen LogP contribution in [0.5, 0.6) is 0 Å². The van der Waals surface area contributed by atoms with Gasteiger partial charge in [-0.2, -0.15) is 5.10 Å².